The van der Waals surface area contributed by atoms with E-state index < -0.39 is 5.97 Å². The van der Waals surface area contributed by atoms with Gasteiger partial charge in [-0.3, -0.25) is 4.79 Å². The van der Waals surface area contributed by atoms with Gasteiger partial charge in [0.25, 0.3) is 0 Å². The Morgan fingerprint density at radius 1 is 1.35 bits per heavy atom. The van der Waals surface area contributed by atoms with Crippen LogP contribution in [0.5, 0.6) is 0 Å². The van der Waals surface area contributed by atoms with Crippen LogP contribution >= 0.6 is 0 Å². The van der Waals surface area contributed by atoms with Crippen LogP contribution in [0.1, 0.15) is 12.0 Å². The predicted octanol–water partition coefficient (Wildman–Crippen LogP) is 1.36. The number of carbonyl (C=O) groups is 1. The average molecular weight is 229 g/mol. The van der Waals surface area contributed by atoms with Gasteiger partial charge in [-0.15, -0.1) is 0 Å². The smallest absolute Gasteiger partial charge is 0.305 e. The van der Waals surface area contributed by atoms with E-state index in [1.807, 2.05) is 12.1 Å². The summed E-state index contributed by atoms with van der Waals surface area (Å²) >= 11 is 0. The molecular formula is C12H11N3O2. The van der Waals surface area contributed by atoms with Gasteiger partial charge in [0.2, 0.25) is 0 Å². The van der Waals surface area contributed by atoms with Gasteiger partial charge in [-0.1, -0.05) is 12.1 Å². The van der Waals surface area contributed by atoms with Crippen molar-refractivity contribution in [3.63, 3.8) is 0 Å². The minimum atomic E-state index is -0.928. The van der Waals surface area contributed by atoms with E-state index in [4.69, 9.17) is 15.6 Å². The maximum Gasteiger partial charge on any atom is 0.305 e. The SMILES string of the molecule is N#CCN(CCC(=O)O)c1ccccc1C#N. The summed E-state index contributed by atoms with van der Waals surface area (Å²) in [5, 5.41) is 26.3. The van der Waals surface area contributed by atoms with E-state index in [9.17, 15) is 4.79 Å². The zero-order chi connectivity index (χ0) is 12.7. The third-order valence-electron chi connectivity index (χ3n) is 2.22. The number of carboxylic acid groups (broad SMARTS) is 1. The second-order valence-corrected chi connectivity index (χ2v) is 3.35. The Balaban J connectivity index is 2.94. The summed E-state index contributed by atoms with van der Waals surface area (Å²) < 4.78 is 0. The molecule has 0 aliphatic rings. The van der Waals surface area contributed by atoms with E-state index in [1.54, 1.807) is 29.2 Å². The van der Waals surface area contributed by atoms with Crippen molar-refractivity contribution < 1.29 is 9.90 Å². The number of benzene rings is 1. The summed E-state index contributed by atoms with van der Waals surface area (Å²) in [6.45, 7) is 0.271. The number of aliphatic carboxylic acids is 1. The molecule has 0 fully saturated rings. The third-order valence-corrected chi connectivity index (χ3v) is 2.22. The molecule has 1 rings (SSSR count). The van der Waals surface area contributed by atoms with Gasteiger partial charge < -0.3 is 10.0 Å². The average Bonchev–Trinajstić information content (AvgIpc) is 2.34. The van der Waals surface area contributed by atoms with Crippen molar-refractivity contribution in [3.8, 4) is 12.1 Å². The second kappa shape index (κ2) is 6.14. The van der Waals surface area contributed by atoms with Crippen molar-refractivity contribution in [2.75, 3.05) is 18.0 Å². The first-order valence-electron chi connectivity index (χ1n) is 5.02. The van der Waals surface area contributed by atoms with Crippen molar-refractivity contribution in [2.24, 2.45) is 0 Å². The minimum Gasteiger partial charge on any atom is -0.481 e. The Morgan fingerprint density at radius 2 is 2.06 bits per heavy atom. The summed E-state index contributed by atoms with van der Waals surface area (Å²) in [6, 6.07) is 10.8. The monoisotopic (exact) mass is 229 g/mol. The van der Waals surface area contributed by atoms with Crippen LogP contribution in [0.15, 0.2) is 24.3 Å². The van der Waals surface area contributed by atoms with E-state index in [2.05, 4.69) is 0 Å². The lowest BCUT2D eigenvalue weighted by Crippen LogP contribution is -2.27. The Hall–Kier alpha value is -2.53. The van der Waals surface area contributed by atoms with Gasteiger partial charge in [0, 0.05) is 6.54 Å². The molecule has 5 heteroatoms. The number of para-hydroxylation sites is 1. The molecule has 0 aromatic heterocycles. The van der Waals surface area contributed by atoms with Gasteiger partial charge in [-0.05, 0) is 12.1 Å². The highest BCUT2D eigenvalue weighted by Crippen LogP contribution is 2.19. The highest BCUT2D eigenvalue weighted by molar-refractivity contribution is 5.68. The first kappa shape index (κ1) is 12.5. The van der Waals surface area contributed by atoms with E-state index in [0.717, 1.165) is 0 Å². The van der Waals surface area contributed by atoms with Crippen LogP contribution in [-0.4, -0.2) is 24.2 Å². The van der Waals surface area contributed by atoms with Gasteiger partial charge in [-0.2, -0.15) is 10.5 Å². The summed E-state index contributed by atoms with van der Waals surface area (Å²) in [5.41, 5.74) is 1.03. The van der Waals surface area contributed by atoms with Crippen LogP contribution < -0.4 is 4.90 Å². The van der Waals surface area contributed by atoms with Crippen LogP contribution in [0, 0.1) is 22.7 Å². The zero-order valence-corrected chi connectivity index (χ0v) is 9.13. The number of carboxylic acids is 1. The molecule has 1 N–H and O–H groups in total. The van der Waals surface area contributed by atoms with Gasteiger partial charge >= 0.3 is 5.97 Å². The van der Waals surface area contributed by atoms with Crippen molar-refractivity contribution >= 4 is 11.7 Å². The zero-order valence-electron chi connectivity index (χ0n) is 9.13. The van der Waals surface area contributed by atoms with Crippen molar-refractivity contribution in [1.82, 2.24) is 0 Å². The highest BCUT2D eigenvalue weighted by atomic mass is 16.4. The van der Waals surface area contributed by atoms with Crippen LogP contribution in [0.25, 0.3) is 0 Å². The number of hydrogen-bond acceptors (Lipinski definition) is 4. The molecule has 17 heavy (non-hydrogen) atoms. The molecule has 1 aromatic carbocycles. The van der Waals surface area contributed by atoms with Gasteiger partial charge in [0.1, 0.15) is 12.6 Å². The molecule has 1 aromatic rings. The van der Waals surface area contributed by atoms with Crippen LogP contribution in [0.3, 0.4) is 0 Å². The van der Waals surface area contributed by atoms with Gasteiger partial charge in [-0.25, -0.2) is 0 Å². The fourth-order valence-electron chi connectivity index (χ4n) is 1.44. The minimum absolute atomic E-state index is 0.0615. The van der Waals surface area contributed by atoms with E-state index >= 15 is 0 Å². The summed E-state index contributed by atoms with van der Waals surface area (Å²) in [6.07, 6.45) is -0.0680. The lowest BCUT2D eigenvalue weighted by Gasteiger charge is -2.21. The number of nitriles is 2. The third kappa shape index (κ3) is 3.51. The van der Waals surface area contributed by atoms with Crippen molar-refractivity contribution in [1.29, 1.82) is 10.5 Å². The topological polar surface area (TPSA) is 88.1 Å². The summed E-state index contributed by atoms with van der Waals surface area (Å²) in [4.78, 5) is 12.1. The highest BCUT2D eigenvalue weighted by Gasteiger charge is 2.11. The maximum absolute atomic E-state index is 10.5. The van der Waals surface area contributed by atoms with Gasteiger partial charge in [0.05, 0.1) is 23.7 Å². The molecule has 0 aliphatic heterocycles. The van der Waals surface area contributed by atoms with E-state index in [-0.39, 0.29) is 19.5 Å². The molecule has 0 radical (unpaired) electrons. The molecule has 0 atom stereocenters. The van der Waals surface area contributed by atoms with Gasteiger partial charge in [0.15, 0.2) is 0 Å². The Bertz CT molecular complexity index is 485. The molecule has 0 aliphatic carbocycles. The van der Waals surface area contributed by atoms with Crippen molar-refractivity contribution in [2.45, 2.75) is 6.42 Å². The molecule has 5 nitrogen and oxygen atoms in total. The van der Waals surface area contributed by atoms with Crippen LogP contribution in [-0.2, 0) is 4.79 Å². The quantitative estimate of drug-likeness (QED) is 0.770. The molecule has 0 amide bonds. The van der Waals surface area contributed by atoms with Crippen LogP contribution in [0.2, 0.25) is 0 Å². The first-order chi connectivity index (χ1) is 8.19. The molecule has 0 bridgehead atoms. The Kier molecular flexibility index (Phi) is 4.53. The summed E-state index contributed by atoms with van der Waals surface area (Å²) in [5.74, 6) is -0.928. The molecule has 0 unspecified atom stereocenters. The number of nitrogens with zero attached hydrogens (tertiary/aromatic N) is 3. The maximum atomic E-state index is 10.5. The van der Waals surface area contributed by atoms with E-state index in [0.29, 0.717) is 11.3 Å². The van der Waals surface area contributed by atoms with E-state index in [1.165, 1.54) is 0 Å². The molecule has 86 valence electrons. The lowest BCUT2D eigenvalue weighted by molar-refractivity contribution is -0.136. The van der Waals surface area contributed by atoms with Crippen LogP contribution in [0.4, 0.5) is 5.69 Å². The number of hydrogen-bond donors (Lipinski definition) is 1. The largest absolute Gasteiger partial charge is 0.481 e. The fourth-order valence-corrected chi connectivity index (χ4v) is 1.44. The number of rotatable bonds is 5. The molecule has 0 heterocycles. The number of anilines is 1. The molecule has 0 spiro atoms. The first-order valence-corrected chi connectivity index (χ1v) is 5.02. The Labute approximate surface area is 99.1 Å². The Morgan fingerprint density at radius 3 is 2.65 bits per heavy atom. The lowest BCUT2D eigenvalue weighted by atomic mass is 10.1. The molecule has 0 saturated heterocycles. The molecular weight excluding hydrogens is 218 g/mol. The summed E-state index contributed by atoms with van der Waals surface area (Å²) in [7, 11) is 0. The fraction of sp³-hybridized carbons (Fsp3) is 0.250. The molecule has 0 saturated carbocycles. The predicted molar refractivity (Wildman–Crippen MR) is 61.2 cm³/mol. The standard InChI is InChI=1S/C12H11N3O2/c13-6-8-15(7-5-12(16)17)11-4-2-1-3-10(11)9-14/h1-4H,5,7-8H2,(H,16,17). The second-order valence-electron chi connectivity index (χ2n) is 3.35. The normalized spacial score (nSPS) is 9.06. The van der Waals surface area contributed by atoms with Crippen molar-refractivity contribution in [3.05, 3.63) is 29.8 Å².